The number of sulfonamides is 1. The average Bonchev–Trinajstić information content (AvgIpc) is 2.91. The molecule has 1 aromatic carbocycles. The van der Waals surface area contributed by atoms with Crippen molar-refractivity contribution in [2.45, 2.75) is 37.1 Å². The summed E-state index contributed by atoms with van der Waals surface area (Å²) in [7, 11) is -3.71. The predicted molar refractivity (Wildman–Crippen MR) is 78.7 cm³/mol. The highest BCUT2D eigenvalue weighted by atomic mass is 32.2. The number of nitro benzene ring substituents is 1. The van der Waals surface area contributed by atoms with Crippen LogP contribution in [0, 0.1) is 17.0 Å². The highest BCUT2D eigenvalue weighted by Gasteiger charge is 2.20. The first kappa shape index (κ1) is 15.9. The number of nitrogens with one attached hydrogen (secondary N) is 2. The lowest BCUT2D eigenvalue weighted by molar-refractivity contribution is -0.385. The van der Waals surface area contributed by atoms with E-state index in [0.717, 1.165) is 25.5 Å². The number of nitrogens with zero attached hydrogens (tertiary/aromatic N) is 1. The van der Waals surface area contributed by atoms with Gasteiger partial charge in [-0.25, -0.2) is 13.1 Å². The Hall–Kier alpha value is -1.51. The maximum atomic E-state index is 12.1. The maximum absolute atomic E-state index is 12.1. The lowest BCUT2D eigenvalue weighted by Crippen LogP contribution is -2.30. The molecular formula is C13H19N3O4S. The van der Waals surface area contributed by atoms with Crippen LogP contribution in [-0.4, -0.2) is 32.5 Å². The Bertz CT molecular complexity index is 624. The molecule has 0 spiro atoms. The molecule has 116 valence electrons. The quantitative estimate of drug-likeness (QED) is 0.609. The van der Waals surface area contributed by atoms with Crippen LogP contribution in [0.5, 0.6) is 0 Å². The number of hydrogen-bond donors (Lipinski definition) is 2. The molecule has 1 aromatic rings. The minimum Gasteiger partial charge on any atom is -0.314 e. The van der Waals surface area contributed by atoms with Crippen molar-refractivity contribution in [3.05, 3.63) is 33.9 Å². The van der Waals surface area contributed by atoms with E-state index in [4.69, 9.17) is 0 Å². The first-order chi connectivity index (χ1) is 9.90. The number of rotatable bonds is 6. The standard InChI is InChI=1S/C13H19N3O4S/c1-10-4-5-12(9-13(10)16(17)18)21(19,20)15-8-6-11-3-2-7-14-11/h4-5,9,11,14-15H,2-3,6-8H2,1H3. The summed E-state index contributed by atoms with van der Waals surface area (Å²) >= 11 is 0. The lowest BCUT2D eigenvalue weighted by atomic mass is 10.2. The molecule has 0 bridgehead atoms. The summed E-state index contributed by atoms with van der Waals surface area (Å²) in [6.07, 6.45) is 2.88. The monoisotopic (exact) mass is 313 g/mol. The van der Waals surface area contributed by atoms with Crippen LogP contribution in [0.3, 0.4) is 0 Å². The fraction of sp³-hybridized carbons (Fsp3) is 0.538. The lowest BCUT2D eigenvalue weighted by Gasteiger charge is -2.11. The normalized spacial score (nSPS) is 18.8. The molecule has 0 aromatic heterocycles. The van der Waals surface area contributed by atoms with Crippen LogP contribution in [-0.2, 0) is 10.0 Å². The summed E-state index contributed by atoms with van der Waals surface area (Å²) in [5.41, 5.74) is 0.254. The maximum Gasteiger partial charge on any atom is 0.273 e. The van der Waals surface area contributed by atoms with E-state index in [-0.39, 0.29) is 10.6 Å². The second-order valence-electron chi connectivity index (χ2n) is 5.19. The van der Waals surface area contributed by atoms with Gasteiger partial charge in [0.1, 0.15) is 0 Å². The molecule has 1 aliphatic heterocycles. The van der Waals surface area contributed by atoms with Gasteiger partial charge in [0.15, 0.2) is 0 Å². The van der Waals surface area contributed by atoms with E-state index in [1.54, 1.807) is 6.92 Å². The van der Waals surface area contributed by atoms with E-state index >= 15 is 0 Å². The molecule has 0 amide bonds. The van der Waals surface area contributed by atoms with E-state index in [2.05, 4.69) is 10.0 Å². The van der Waals surface area contributed by atoms with Gasteiger partial charge in [-0.3, -0.25) is 10.1 Å². The molecule has 2 N–H and O–H groups in total. The topological polar surface area (TPSA) is 101 Å². The molecular weight excluding hydrogens is 294 g/mol. The molecule has 0 radical (unpaired) electrons. The van der Waals surface area contributed by atoms with Gasteiger partial charge in [0.2, 0.25) is 10.0 Å². The second-order valence-corrected chi connectivity index (χ2v) is 6.95. The molecule has 1 atom stereocenters. The molecule has 2 rings (SSSR count). The summed E-state index contributed by atoms with van der Waals surface area (Å²) in [6.45, 7) is 2.87. The number of hydrogen-bond acceptors (Lipinski definition) is 5. The van der Waals surface area contributed by atoms with Gasteiger partial charge in [-0.2, -0.15) is 0 Å². The Balaban J connectivity index is 2.04. The van der Waals surface area contributed by atoms with Crippen molar-refractivity contribution < 1.29 is 13.3 Å². The number of aryl methyl sites for hydroxylation is 1. The van der Waals surface area contributed by atoms with Crippen LogP contribution in [0.2, 0.25) is 0 Å². The Morgan fingerprint density at radius 1 is 1.48 bits per heavy atom. The number of nitro groups is 1. The molecule has 0 saturated carbocycles. The Morgan fingerprint density at radius 2 is 2.24 bits per heavy atom. The summed E-state index contributed by atoms with van der Waals surface area (Å²) in [6, 6.07) is 4.29. The third-order valence-corrected chi connectivity index (χ3v) is 5.09. The van der Waals surface area contributed by atoms with E-state index in [1.807, 2.05) is 0 Å². The van der Waals surface area contributed by atoms with Crippen LogP contribution in [0.4, 0.5) is 5.69 Å². The second kappa shape index (κ2) is 6.50. The van der Waals surface area contributed by atoms with Crippen molar-refractivity contribution in [2.75, 3.05) is 13.1 Å². The highest BCUT2D eigenvalue weighted by molar-refractivity contribution is 7.89. The largest absolute Gasteiger partial charge is 0.314 e. The van der Waals surface area contributed by atoms with Gasteiger partial charge in [-0.05, 0) is 38.8 Å². The molecule has 0 aliphatic carbocycles. The molecule has 21 heavy (non-hydrogen) atoms. The summed E-state index contributed by atoms with van der Waals surface area (Å²) in [5, 5.41) is 14.2. The zero-order chi connectivity index (χ0) is 15.5. The van der Waals surface area contributed by atoms with Gasteiger partial charge in [-0.15, -0.1) is 0 Å². The van der Waals surface area contributed by atoms with Crippen LogP contribution in [0.1, 0.15) is 24.8 Å². The summed E-state index contributed by atoms with van der Waals surface area (Å²) in [5.74, 6) is 0. The first-order valence-electron chi connectivity index (χ1n) is 6.88. The van der Waals surface area contributed by atoms with E-state index in [0.29, 0.717) is 24.6 Å². The van der Waals surface area contributed by atoms with Gasteiger partial charge >= 0.3 is 0 Å². The highest BCUT2D eigenvalue weighted by Crippen LogP contribution is 2.22. The van der Waals surface area contributed by atoms with Crippen LogP contribution < -0.4 is 10.0 Å². The third-order valence-electron chi connectivity index (χ3n) is 3.63. The van der Waals surface area contributed by atoms with Crippen molar-refractivity contribution >= 4 is 15.7 Å². The fourth-order valence-corrected chi connectivity index (χ4v) is 3.47. The van der Waals surface area contributed by atoms with E-state index in [1.165, 1.54) is 12.1 Å². The Kier molecular flexibility index (Phi) is 4.92. The zero-order valence-electron chi connectivity index (χ0n) is 11.8. The molecule has 1 aliphatic rings. The van der Waals surface area contributed by atoms with Crippen LogP contribution >= 0.6 is 0 Å². The molecule has 8 heteroatoms. The van der Waals surface area contributed by atoms with Gasteiger partial charge in [-0.1, -0.05) is 6.07 Å². The SMILES string of the molecule is Cc1ccc(S(=O)(=O)NCCC2CCCN2)cc1[N+](=O)[O-]. The summed E-state index contributed by atoms with van der Waals surface area (Å²) < 4.78 is 26.8. The van der Waals surface area contributed by atoms with Crippen LogP contribution in [0.15, 0.2) is 23.1 Å². The van der Waals surface area contributed by atoms with E-state index < -0.39 is 14.9 Å². The molecule has 7 nitrogen and oxygen atoms in total. The Morgan fingerprint density at radius 3 is 2.86 bits per heavy atom. The van der Waals surface area contributed by atoms with Crippen molar-refractivity contribution in [1.82, 2.24) is 10.0 Å². The minimum absolute atomic E-state index is 0.0702. The smallest absolute Gasteiger partial charge is 0.273 e. The van der Waals surface area contributed by atoms with Gasteiger partial charge in [0, 0.05) is 24.2 Å². The number of benzene rings is 1. The van der Waals surface area contributed by atoms with Crippen LogP contribution in [0.25, 0.3) is 0 Å². The van der Waals surface area contributed by atoms with E-state index in [9.17, 15) is 18.5 Å². The van der Waals surface area contributed by atoms with Crippen molar-refractivity contribution in [1.29, 1.82) is 0 Å². The fourth-order valence-electron chi connectivity index (χ4n) is 2.41. The van der Waals surface area contributed by atoms with Gasteiger partial charge in [0.25, 0.3) is 5.69 Å². The minimum atomic E-state index is -3.71. The predicted octanol–water partition coefficient (Wildman–Crippen LogP) is 1.32. The molecule has 1 unspecified atom stereocenters. The van der Waals surface area contributed by atoms with Gasteiger partial charge in [0.05, 0.1) is 9.82 Å². The van der Waals surface area contributed by atoms with Crippen molar-refractivity contribution in [2.24, 2.45) is 0 Å². The van der Waals surface area contributed by atoms with Gasteiger partial charge < -0.3 is 5.32 Å². The summed E-state index contributed by atoms with van der Waals surface area (Å²) in [4.78, 5) is 10.2. The van der Waals surface area contributed by atoms with Crippen molar-refractivity contribution in [3.8, 4) is 0 Å². The third kappa shape index (κ3) is 3.99. The molecule has 1 fully saturated rings. The Labute approximate surface area is 123 Å². The molecule has 1 heterocycles. The average molecular weight is 313 g/mol. The zero-order valence-corrected chi connectivity index (χ0v) is 12.6. The molecule has 1 saturated heterocycles. The first-order valence-corrected chi connectivity index (χ1v) is 8.36. The van der Waals surface area contributed by atoms with Crippen molar-refractivity contribution in [3.63, 3.8) is 0 Å².